The summed E-state index contributed by atoms with van der Waals surface area (Å²) >= 11 is 0. The molecule has 68 valence electrons. The van der Waals surface area contributed by atoms with Gasteiger partial charge in [-0.25, -0.2) is 0 Å². The molecular weight excluding hydrogens is 162 g/mol. The van der Waals surface area contributed by atoms with Crippen molar-refractivity contribution in [3.05, 3.63) is 34.9 Å². The summed E-state index contributed by atoms with van der Waals surface area (Å²) in [6.45, 7) is 2.84. The Labute approximate surface area is 78.0 Å². The molecule has 1 amide bonds. The molecule has 2 rings (SSSR count). The van der Waals surface area contributed by atoms with Gasteiger partial charge in [0.15, 0.2) is 0 Å². The normalized spacial score (nSPS) is 15.9. The van der Waals surface area contributed by atoms with Gasteiger partial charge in [0.1, 0.15) is 0 Å². The standard InChI is InChI=1S/C11H13NO/c1-8-3-2-4-9-5-6-12-11(13)7-10(8)9/h2-4H,5-7H2,1H3,(H,12,13). The van der Waals surface area contributed by atoms with E-state index in [1.54, 1.807) is 0 Å². The van der Waals surface area contributed by atoms with Crippen LogP contribution in [0.5, 0.6) is 0 Å². The molecule has 0 saturated heterocycles. The van der Waals surface area contributed by atoms with Crippen LogP contribution in [-0.2, 0) is 17.6 Å². The number of benzene rings is 1. The fraction of sp³-hybridized carbons (Fsp3) is 0.364. The average molecular weight is 175 g/mol. The van der Waals surface area contributed by atoms with E-state index in [9.17, 15) is 4.79 Å². The maximum atomic E-state index is 11.3. The third-order valence-electron chi connectivity index (χ3n) is 2.56. The number of aryl methyl sites for hydroxylation is 1. The molecule has 0 aromatic heterocycles. The maximum absolute atomic E-state index is 11.3. The van der Waals surface area contributed by atoms with Crippen molar-refractivity contribution >= 4 is 5.91 Å². The van der Waals surface area contributed by atoms with Gasteiger partial charge in [-0.15, -0.1) is 0 Å². The zero-order chi connectivity index (χ0) is 9.26. The lowest BCUT2D eigenvalue weighted by atomic mass is 9.98. The number of amides is 1. The Morgan fingerprint density at radius 1 is 1.38 bits per heavy atom. The zero-order valence-corrected chi connectivity index (χ0v) is 7.76. The summed E-state index contributed by atoms with van der Waals surface area (Å²) in [4.78, 5) is 11.3. The minimum atomic E-state index is 0.146. The summed E-state index contributed by atoms with van der Waals surface area (Å²) in [7, 11) is 0. The molecule has 2 heteroatoms. The van der Waals surface area contributed by atoms with E-state index in [0.29, 0.717) is 6.42 Å². The topological polar surface area (TPSA) is 29.1 Å². The van der Waals surface area contributed by atoms with Crippen molar-refractivity contribution in [2.75, 3.05) is 6.54 Å². The molecule has 0 atom stereocenters. The van der Waals surface area contributed by atoms with Crippen LogP contribution < -0.4 is 5.32 Å². The highest BCUT2D eigenvalue weighted by Crippen LogP contribution is 2.17. The number of rotatable bonds is 0. The van der Waals surface area contributed by atoms with E-state index in [-0.39, 0.29) is 5.91 Å². The van der Waals surface area contributed by atoms with Crippen LogP contribution in [-0.4, -0.2) is 12.5 Å². The summed E-state index contributed by atoms with van der Waals surface area (Å²) in [6, 6.07) is 6.24. The van der Waals surface area contributed by atoms with Gasteiger partial charge in [-0.3, -0.25) is 4.79 Å². The highest BCUT2D eigenvalue weighted by Gasteiger charge is 2.13. The SMILES string of the molecule is Cc1cccc2c1CC(=O)NCC2. The first-order chi connectivity index (χ1) is 6.27. The molecular formula is C11H13NO. The van der Waals surface area contributed by atoms with Crippen LogP contribution in [0.3, 0.4) is 0 Å². The molecule has 2 nitrogen and oxygen atoms in total. The molecule has 1 N–H and O–H groups in total. The van der Waals surface area contributed by atoms with Crippen molar-refractivity contribution in [2.24, 2.45) is 0 Å². The second-order valence-corrected chi connectivity index (χ2v) is 3.49. The van der Waals surface area contributed by atoms with Gasteiger partial charge < -0.3 is 5.32 Å². The minimum absolute atomic E-state index is 0.146. The third-order valence-corrected chi connectivity index (χ3v) is 2.56. The molecule has 0 unspecified atom stereocenters. The Balaban J connectivity index is 2.46. The number of carbonyl (C=O) groups excluding carboxylic acids is 1. The Hall–Kier alpha value is -1.31. The summed E-state index contributed by atoms with van der Waals surface area (Å²) < 4.78 is 0. The number of hydrogen-bond acceptors (Lipinski definition) is 1. The molecule has 0 spiro atoms. The molecule has 13 heavy (non-hydrogen) atoms. The lowest BCUT2D eigenvalue weighted by Gasteiger charge is -2.06. The van der Waals surface area contributed by atoms with E-state index in [1.165, 1.54) is 16.7 Å². The second kappa shape index (κ2) is 3.21. The largest absolute Gasteiger partial charge is 0.355 e. The van der Waals surface area contributed by atoms with Crippen LogP contribution >= 0.6 is 0 Å². The van der Waals surface area contributed by atoms with E-state index >= 15 is 0 Å². The fourth-order valence-electron chi connectivity index (χ4n) is 1.81. The van der Waals surface area contributed by atoms with Crippen molar-refractivity contribution in [2.45, 2.75) is 19.8 Å². The Kier molecular flexibility index (Phi) is 2.05. The van der Waals surface area contributed by atoms with Crippen LogP contribution in [0.4, 0.5) is 0 Å². The van der Waals surface area contributed by atoms with E-state index in [4.69, 9.17) is 0 Å². The summed E-state index contributed by atoms with van der Waals surface area (Å²) in [6.07, 6.45) is 1.50. The average Bonchev–Trinajstić information content (AvgIpc) is 2.28. The molecule has 1 aromatic rings. The van der Waals surface area contributed by atoms with E-state index in [2.05, 4.69) is 30.4 Å². The first kappa shape index (κ1) is 8.30. The summed E-state index contributed by atoms with van der Waals surface area (Å²) in [5.74, 6) is 0.146. The predicted molar refractivity (Wildman–Crippen MR) is 51.6 cm³/mol. The van der Waals surface area contributed by atoms with Gasteiger partial charge in [0.25, 0.3) is 0 Å². The molecule has 0 fully saturated rings. The van der Waals surface area contributed by atoms with Crippen molar-refractivity contribution < 1.29 is 4.79 Å². The Morgan fingerprint density at radius 3 is 3.08 bits per heavy atom. The van der Waals surface area contributed by atoms with Crippen molar-refractivity contribution in [1.82, 2.24) is 5.32 Å². The molecule has 1 aromatic carbocycles. The number of hydrogen-bond donors (Lipinski definition) is 1. The lowest BCUT2D eigenvalue weighted by molar-refractivity contribution is -0.120. The molecule has 0 aliphatic carbocycles. The first-order valence-electron chi connectivity index (χ1n) is 4.61. The number of carbonyl (C=O) groups is 1. The monoisotopic (exact) mass is 175 g/mol. The maximum Gasteiger partial charge on any atom is 0.224 e. The first-order valence-corrected chi connectivity index (χ1v) is 4.61. The van der Waals surface area contributed by atoms with Crippen molar-refractivity contribution in [3.8, 4) is 0 Å². The number of fused-ring (bicyclic) bond motifs is 1. The van der Waals surface area contributed by atoms with Gasteiger partial charge in [-0.05, 0) is 30.0 Å². The molecule has 1 aliphatic heterocycles. The van der Waals surface area contributed by atoms with Crippen LogP contribution in [0.1, 0.15) is 16.7 Å². The van der Waals surface area contributed by atoms with Gasteiger partial charge in [0.2, 0.25) is 5.91 Å². The fourth-order valence-corrected chi connectivity index (χ4v) is 1.81. The van der Waals surface area contributed by atoms with Gasteiger partial charge in [0, 0.05) is 6.54 Å². The Morgan fingerprint density at radius 2 is 2.23 bits per heavy atom. The van der Waals surface area contributed by atoms with E-state index in [1.807, 2.05) is 0 Å². The molecule has 1 heterocycles. The zero-order valence-electron chi connectivity index (χ0n) is 7.76. The Bertz CT molecular complexity index is 344. The quantitative estimate of drug-likeness (QED) is 0.631. The molecule has 0 radical (unpaired) electrons. The third kappa shape index (κ3) is 1.57. The van der Waals surface area contributed by atoms with Gasteiger partial charge in [-0.1, -0.05) is 18.2 Å². The van der Waals surface area contributed by atoms with Gasteiger partial charge in [-0.2, -0.15) is 0 Å². The number of nitrogens with one attached hydrogen (secondary N) is 1. The van der Waals surface area contributed by atoms with E-state index < -0.39 is 0 Å². The van der Waals surface area contributed by atoms with Gasteiger partial charge >= 0.3 is 0 Å². The molecule has 0 saturated carbocycles. The summed E-state index contributed by atoms with van der Waals surface area (Å²) in [5, 5.41) is 2.88. The van der Waals surface area contributed by atoms with E-state index in [0.717, 1.165) is 13.0 Å². The van der Waals surface area contributed by atoms with Crippen molar-refractivity contribution in [3.63, 3.8) is 0 Å². The van der Waals surface area contributed by atoms with Gasteiger partial charge in [0.05, 0.1) is 6.42 Å². The van der Waals surface area contributed by atoms with Crippen LogP contribution in [0, 0.1) is 6.92 Å². The highest BCUT2D eigenvalue weighted by atomic mass is 16.1. The van der Waals surface area contributed by atoms with Crippen LogP contribution in [0.15, 0.2) is 18.2 Å². The lowest BCUT2D eigenvalue weighted by Crippen LogP contribution is -2.24. The summed E-state index contributed by atoms with van der Waals surface area (Å²) in [5.41, 5.74) is 3.77. The molecule has 0 bridgehead atoms. The van der Waals surface area contributed by atoms with Crippen LogP contribution in [0.25, 0.3) is 0 Å². The van der Waals surface area contributed by atoms with Crippen LogP contribution in [0.2, 0.25) is 0 Å². The second-order valence-electron chi connectivity index (χ2n) is 3.49. The predicted octanol–water partition coefficient (Wildman–Crippen LogP) is 1.21. The molecule has 1 aliphatic rings. The van der Waals surface area contributed by atoms with Crippen molar-refractivity contribution in [1.29, 1.82) is 0 Å². The highest BCUT2D eigenvalue weighted by molar-refractivity contribution is 5.80. The minimum Gasteiger partial charge on any atom is -0.355 e. The smallest absolute Gasteiger partial charge is 0.224 e.